The molecule has 1 amide bonds. The van der Waals surface area contributed by atoms with Crippen LogP contribution in [-0.4, -0.2) is 37.0 Å². The van der Waals surface area contributed by atoms with Crippen LogP contribution in [-0.2, 0) is 14.3 Å². The van der Waals surface area contributed by atoms with E-state index in [-0.39, 0.29) is 17.8 Å². The van der Waals surface area contributed by atoms with Crippen LogP contribution in [0.5, 0.6) is 0 Å². The highest BCUT2D eigenvalue weighted by atomic mass is 35.5. The molecule has 1 atom stereocenters. The standard InChI is InChI=1S/C16H18ClNO3/c1-21-16(20)13-5-3-9-18(11-13)15(19)8-7-12-4-2-6-14(17)10-12/h2,4,6-8,10,13H,3,5,9,11H2,1H3/b8-7+/t13-/m0/s1. The Labute approximate surface area is 129 Å². The Bertz CT molecular complexity index is 556. The highest BCUT2D eigenvalue weighted by Gasteiger charge is 2.28. The molecule has 1 heterocycles. The molecule has 0 aliphatic carbocycles. The van der Waals surface area contributed by atoms with E-state index in [4.69, 9.17) is 16.3 Å². The Morgan fingerprint density at radius 3 is 2.95 bits per heavy atom. The number of nitrogens with zero attached hydrogens (tertiary/aromatic N) is 1. The van der Waals surface area contributed by atoms with Crippen LogP contribution in [0.4, 0.5) is 0 Å². The lowest BCUT2D eigenvalue weighted by atomic mass is 9.98. The van der Waals surface area contributed by atoms with Crippen LogP contribution < -0.4 is 0 Å². The molecule has 0 N–H and O–H groups in total. The predicted molar refractivity (Wildman–Crippen MR) is 81.8 cm³/mol. The highest BCUT2D eigenvalue weighted by molar-refractivity contribution is 6.30. The average Bonchev–Trinajstić information content (AvgIpc) is 2.52. The fourth-order valence-electron chi connectivity index (χ4n) is 2.42. The molecule has 0 aromatic heterocycles. The second-order valence-corrected chi connectivity index (χ2v) is 5.47. The van der Waals surface area contributed by atoms with Gasteiger partial charge in [0.15, 0.2) is 0 Å². The molecule has 1 fully saturated rings. The minimum atomic E-state index is -0.244. The van der Waals surface area contributed by atoms with Crippen molar-refractivity contribution in [1.82, 2.24) is 4.90 Å². The first kappa shape index (κ1) is 15.6. The van der Waals surface area contributed by atoms with Crippen molar-refractivity contribution < 1.29 is 14.3 Å². The summed E-state index contributed by atoms with van der Waals surface area (Å²) in [6.45, 7) is 1.09. The van der Waals surface area contributed by atoms with Crippen molar-refractivity contribution in [3.8, 4) is 0 Å². The van der Waals surface area contributed by atoms with Crippen LogP contribution in [0.1, 0.15) is 18.4 Å². The summed E-state index contributed by atoms with van der Waals surface area (Å²) in [7, 11) is 1.38. The lowest BCUT2D eigenvalue weighted by Crippen LogP contribution is -2.41. The number of hydrogen-bond donors (Lipinski definition) is 0. The molecular weight excluding hydrogens is 290 g/mol. The zero-order chi connectivity index (χ0) is 15.2. The van der Waals surface area contributed by atoms with E-state index in [1.54, 1.807) is 23.1 Å². The number of amides is 1. The first-order valence-corrected chi connectivity index (χ1v) is 7.28. The van der Waals surface area contributed by atoms with Gasteiger partial charge < -0.3 is 9.64 Å². The first-order chi connectivity index (χ1) is 10.1. The van der Waals surface area contributed by atoms with Gasteiger partial charge in [0.05, 0.1) is 13.0 Å². The minimum absolute atomic E-state index is 0.0939. The number of carbonyl (C=O) groups is 2. The molecule has 2 rings (SSSR count). The van der Waals surface area contributed by atoms with Gasteiger partial charge in [-0.15, -0.1) is 0 Å². The highest BCUT2D eigenvalue weighted by Crippen LogP contribution is 2.18. The summed E-state index contributed by atoms with van der Waals surface area (Å²) >= 11 is 5.90. The summed E-state index contributed by atoms with van der Waals surface area (Å²) in [6.07, 6.45) is 4.84. The molecule has 1 aromatic carbocycles. The molecule has 0 saturated carbocycles. The molecule has 21 heavy (non-hydrogen) atoms. The van der Waals surface area contributed by atoms with Gasteiger partial charge in [-0.25, -0.2) is 0 Å². The molecule has 1 saturated heterocycles. The zero-order valence-corrected chi connectivity index (χ0v) is 12.7. The number of halogens is 1. The maximum atomic E-state index is 12.2. The molecule has 4 nitrogen and oxygen atoms in total. The fraction of sp³-hybridized carbons (Fsp3) is 0.375. The molecule has 0 radical (unpaired) electrons. The Morgan fingerprint density at radius 2 is 2.24 bits per heavy atom. The van der Waals surface area contributed by atoms with Crippen molar-refractivity contribution in [3.05, 3.63) is 40.9 Å². The maximum Gasteiger partial charge on any atom is 0.310 e. The summed E-state index contributed by atoms with van der Waals surface area (Å²) in [5.74, 6) is -0.554. The lowest BCUT2D eigenvalue weighted by Gasteiger charge is -2.30. The number of hydrogen-bond acceptors (Lipinski definition) is 3. The van der Waals surface area contributed by atoms with Crippen LogP contribution in [0.25, 0.3) is 6.08 Å². The first-order valence-electron chi connectivity index (χ1n) is 6.90. The normalized spacial score (nSPS) is 18.8. The monoisotopic (exact) mass is 307 g/mol. The van der Waals surface area contributed by atoms with Crippen molar-refractivity contribution >= 4 is 29.6 Å². The van der Waals surface area contributed by atoms with E-state index in [0.29, 0.717) is 18.1 Å². The van der Waals surface area contributed by atoms with Gasteiger partial charge in [0.2, 0.25) is 5.91 Å². The van der Waals surface area contributed by atoms with E-state index < -0.39 is 0 Å². The lowest BCUT2D eigenvalue weighted by molar-refractivity contribution is -0.148. The van der Waals surface area contributed by atoms with E-state index in [1.165, 1.54) is 13.2 Å². The summed E-state index contributed by atoms with van der Waals surface area (Å²) in [5, 5.41) is 0.633. The van der Waals surface area contributed by atoms with Crippen LogP contribution in [0.15, 0.2) is 30.3 Å². The largest absolute Gasteiger partial charge is 0.469 e. The van der Waals surface area contributed by atoms with E-state index in [1.807, 2.05) is 12.1 Å². The second kappa shape index (κ2) is 7.27. The van der Waals surface area contributed by atoms with Crippen LogP contribution >= 0.6 is 11.6 Å². The van der Waals surface area contributed by atoms with Crippen molar-refractivity contribution in [1.29, 1.82) is 0 Å². The van der Waals surface area contributed by atoms with Gasteiger partial charge in [-0.3, -0.25) is 9.59 Å². The molecular formula is C16H18ClNO3. The van der Waals surface area contributed by atoms with Crippen molar-refractivity contribution in [2.45, 2.75) is 12.8 Å². The smallest absolute Gasteiger partial charge is 0.310 e. The van der Waals surface area contributed by atoms with Gasteiger partial charge in [-0.1, -0.05) is 23.7 Å². The molecule has 0 unspecified atom stereocenters. The Balaban J connectivity index is 1.98. The van der Waals surface area contributed by atoms with Crippen LogP contribution in [0.2, 0.25) is 5.02 Å². The quantitative estimate of drug-likeness (QED) is 0.637. The Kier molecular flexibility index (Phi) is 5.39. The molecule has 5 heteroatoms. The SMILES string of the molecule is COC(=O)[C@H]1CCCN(C(=O)/C=C/c2cccc(Cl)c2)C1. The summed E-state index contributed by atoms with van der Waals surface area (Å²) in [5.41, 5.74) is 0.873. The number of piperidine rings is 1. The number of benzene rings is 1. The van der Waals surface area contributed by atoms with E-state index in [0.717, 1.165) is 18.4 Å². The fourth-order valence-corrected chi connectivity index (χ4v) is 2.62. The summed E-state index contributed by atoms with van der Waals surface area (Å²) < 4.78 is 4.75. The number of carbonyl (C=O) groups excluding carboxylic acids is 2. The van der Waals surface area contributed by atoms with Crippen molar-refractivity contribution in [2.75, 3.05) is 20.2 Å². The zero-order valence-electron chi connectivity index (χ0n) is 11.9. The molecule has 1 aromatic rings. The number of rotatable bonds is 3. The molecule has 1 aliphatic rings. The number of ether oxygens (including phenoxy) is 1. The third-order valence-electron chi connectivity index (χ3n) is 3.53. The second-order valence-electron chi connectivity index (χ2n) is 5.03. The van der Waals surface area contributed by atoms with E-state index >= 15 is 0 Å². The van der Waals surface area contributed by atoms with Crippen molar-refractivity contribution in [3.63, 3.8) is 0 Å². The number of likely N-dealkylation sites (tertiary alicyclic amines) is 1. The minimum Gasteiger partial charge on any atom is -0.469 e. The summed E-state index contributed by atoms with van der Waals surface area (Å²) in [4.78, 5) is 25.4. The maximum absolute atomic E-state index is 12.2. The Hall–Kier alpha value is -1.81. The molecule has 112 valence electrons. The molecule has 0 bridgehead atoms. The topological polar surface area (TPSA) is 46.6 Å². The third kappa shape index (κ3) is 4.33. The van der Waals surface area contributed by atoms with Gasteiger partial charge in [0, 0.05) is 24.2 Å². The van der Waals surface area contributed by atoms with Gasteiger partial charge >= 0.3 is 5.97 Å². The molecule has 0 spiro atoms. The van der Waals surface area contributed by atoms with Gasteiger partial charge in [0.25, 0.3) is 0 Å². The van der Waals surface area contributed by atoms with Crippen molar-refractivity contribution in [2.24, 2.45) is 5.92 Å². The van der Waals surface area contributed by atoms with Gasteiger partial charge in [-0.2, -0.15) is 0 Å². The van der Waals surface area contributed by atoms with Crippen LogP contribution in [0, 0.1) is 5.92 Å². The molecule has 1 aliphatic heterocycles. The summed E-state index contributed by atoms with van der Waals surface area (Å²) in [6, 6.07) is 7.29. The van der Waals surface area contributed by atoms with Gasteiger partial charge in [0.1, 0.15) is 0 Å². The van der Waals surface area contributed by atoms with Gasteiger partial charge in [-0.05, 0) is 36.6 Å². The predicted octanol–water partition coefficient (Wildman–Crippen LogP) is 2.76. The Morgan fingerprint density at radius 1 is 1.43 bits per heavy atom. The van der Waals surface area contributed by atoms with Crippen LogP contribution in [0.3, 0.4) is 0 Å². The number of methoxy groups -OCH3 is 1. The number of esters is 1. The van der Waals surface area contributed by atoms with E-state index in [2.05, 4.69) is 0 Å². The average molecular weight is 308 g/mol. The van der Waals surface area contributed by atoms with E-state index in [9.17, 15) is 9.59 Å². The third-order valence-corrected chi connectivity index (χ3v) is 3.77.